The highest BCUT2D eigenvalue weighted by Gasteiger charge is 2.21. The van der Waals surface area contributed by atoms with E-state index in [9.17, 15) is 23.5 Å². The first kappa shape index (κ1) is 16.8. The highest BCUT2D eigenvalue weighted by atomic mass is 19.3. The van der Waals surface area contributed by atoms with Crippen LogP contribution in [0.3, 0.4) is 0 Å². The summed E-state index contributed by atoms with van der Waals surface area (Å²) < 4.78 is 28.7. The zero-order chi connectivity index (χ0) is 19.1. The molecular weight excluding hydrogens is 358 g/mol. The summed E-state index contributed by atoms with van der Waals surface area (Å²) in [6, 6.07) is 12.5. The van der Waals surface area contributed by atoms with Crippen LogP contribution in [0, 0.1) is 0 Å². The Bertz CT molecular complexity index is 1250. The van der Waals surface area contributed by atoms with Gasteiger partial charge in [-0.15, -0.1) is 0 Å². The summed E-state index contributed by atoms with van der Waals surface area (Å²) >= 11 is 0. The molecule has 7 nitrogen and oxygen atoms in total. The van der Waals surface area contributed by atoms with Crippen LogP contribution in [0.15, 0.2) is 53.3 Å². The van der Waals surface area contributed by atoms with Gasteiger partial charge in [0.2, 0.25) is 0 Å². The first-order chi connectivity index (χ1) is 13.0. The minimum Gasteiger partial charge on any atom is -0.476 e. The summed E-state index contributed by atoms with van der Waals surface area (Å²) in [4.78, 5) is 28.4. The van der Waals surface area contributed by atoms with Gasteiger partial charge >= 0.3 is 12.5 Å². The molecule has 4 aromatic rings. The topological polar surface area (TPSA) is 90.0 Å². The van der Waals surface area contributed by atoms with Crippen molar-refractivity contribution in [3.8, 4) is 0 Å². The lowest BCUT2D eigenvalue weighted by Crippen LogP contribution is -2.27. The van der Waals surface area contributed by atoms with E-state index in [1.54, 1.807) is 30.3 Å². The molecule has 27 heavy (non-hydrogen) atoms. The molecule has 0 saturated carbocycles. The van der Waals surface area contributed by atoms with Crippen LogP contribution in [0.2, 0.25) is 0 Å². The molecule has 0 atom stereocenters. The fourth-order valence-corrected chi connectivity index (χ4v) is 3.06. The summed E-state index contributed by atoms with van der Waals surface area (Å²) in [6.07, 6.45) is 0. The van der Waals surface area contributed by atoms with E-state index >= 15 is 0 Å². The largest absolute Gasteiger partial charge is 0.476 e. The van der Waals surface area contributed by atoms with E-state index < -0.39 is 18.1 Å². The molecule has 0 amide bonds. The smallest absolute Gasteiger partial charge is 0.357 e. The average Bonchev–Trinajstić information content (AvgIpc) is 3.02. The lowest BCUT2D eigenvalue weighted by atomic mass is 10.1. The molecule has 2 aromatic heterocycles. The van der Waals surface area contributed by atoms with Crippen molar-refractivity contribution in [2.24, 2.45) is 0 Å². The molecule has 0 spiro atoms. The number of hydrogen-bond acceptors (Lipinski definition) is 4. The third-order valence-electron chi connectivity index (χ3n) is 4.23. The van der Waals surface area contributed by atoms with Gasteiger partial charge < -0.3 is 5.11 Å². The third kappa shape index (κ3) is 2.73. The maximum Gasteiger partial charge on any atom is 0.357 e. The second kappa shape index (κ2) is 6.27. The number of nitrogens with zero attached hydrogens (tertiary/aromatic N) is 4. The molecule has 9 heteroatoms. The van der Waals surface area contributed by atoms with Gasteiger partial charge in [-0.05, 0) is 18.2 Å². The second-order valence-corrected chi connectivity index (χ2v) is 5.83. The standard InChI is InChI=1S/C18H12F2N4O3/c19-18(20)24-13-8-4-3-7-12(13)21-14(24)9-23-16(25)11-6-2-1-5-10(11)15(22-23)17(26)27/h1-8,18H,9H2,(H,26,27). The van der Waals surface area contributed by atoms with Gasteiger partial charge in [0.25, 0.3) is 5.56 Å². The van der Waals surface area contributed by atoms with Crippen LogP contribution in [0.5, 0.6) is 0 Å². The van der Waals surface area contributed by atoms with Crippen LogP contribution >= 0.6 is 0 Å². The van der Waals surface area contributed by atoms with E-state index in [1.165, 1.54) is 18.2 Å². The number of alkyl halides is 2. The Morgan fingerprint density at radius 3 is 2.44 bits per heavy atom. The van der Waals surface area contributed by atoms with Gasteiger partial charge in [-0.3, -0.25) is 9.36 Å². The van der Waals surface area contributed by atoms with Crippen molar-refractivity contribution in [2.45, 2.75) is 13.1 Å². The number of hydrogen-bond donors (Lipinski definition) is 1. The number of carbonyl (C=O) groups is 1. The number of aromatic carboxylic acids is 1. The number of aromatic nitrogens is 4. The monoisotopic (exact) mass is 370 g/mol. The molecule has 136 valence electrons. The van der Waals surface area contributed by atoms with Crippen LogP contribution in [-0.2, 0) is 6.54 Å². The van der Waals surface area contributed by atoms with Crippen molar-refractivity contribution in [3.63, 3.8) is 0 Å². The predicted molar refractivity (Wildman–Crippen MR) is 93.1 cm³/mol. The fourth-order valence-electron chi connectivity index (χ4n) is 3.06. The second-order valence-electron chi connectivity index (χ2n) is 5.83. The van der Waals surface area contributed by atoms with Gasteiger partial charge in [0.1, 0.15) is 12.4 Å². The SMILES string of the molecule is O=C(O)c1nn(Cc2nc3ccccc3n2C(F)F)c(=O)c2ccccc12. The lowest BCUT2D eigenvalue weighted by Gasteiger charge is -2.11. The molecule has 0 bridgehead atoms. The summed E-state index contributed by atoms with van der Waals surface area (Å²) in [5, 5.41) is 13.6. The van der Waals surface area contributed by atoms with Gasteiger partial charge in [-0.2, -0.15) is 13.9 Å². The van der Waals surface area contributed by atoms with Gasteiger partial charge in [-0.1, -0.05) is 30.3 Å². The Labute approximate surface area is 150 Å². The minimum atomic E-state index is -2.87. The van der Waals surface area contributed by atoms with Crippen LogP contribution in [0.4, 0.5) is 8.78 Å². The van der Waals surface area contributed by atoms with E-state index in [2.05, 4.69) is 10.1 Å². The zero-order valence-electron chi connectivity index (χ0n) is 13.7. The van der Waals surface area contributed by atoms with E-state index in [0.717, 1.165) is 4.68 Å². The van der Waals surface area contributed by atoms with Crippen molar-refractivity contribution >= 4 is 27.8 Å². The Hall–Kier alpha value is -3.62. The highest BCUT2D eigenvalue weighted by Crippen LogP contribution is 2.23. The number of benzene rings is 2. The summed E-state index contributed by atoms with van der Waals surface area (Å²) in [6.45, 7) is -3.26. The Morgan fingerprint density at radius 2 is 1.74 bits per heavy atom. The molecule has 0 aliphatic carbocycles. The molecule has 1 N–H and O–H groups in total. The van der Waals surface area contributed by atoms with Crippen molar-refractivity contribution in [1.82, 2.24) is 19.3 Å². The Kier molecular flexibility index (Phi) is 3.91. The van der Waals surface area contributed by atoms with Gasteiger partial charge in [0.15, 0.2) is 5.69 Å². The maximum atomic E-state index is 13.6. The van der Waals surface area contributed by atoms with Crippen molar-refractivity contribution < 1.29 is 18.7 Å². The van der Waals surface area contributed by atoms with Crippen LogP contribution in [0.25, 0.3) is 21.8 Å². The molecule has 0 fully saturated rings. The van der Waals surface area contributed by atoms with Crippen LogP contribution < -0.4 is 5.56 Å². The molecule has 0 saturated heterocycles. The molecule has 0 unspecified atom stereocenters. The summed E-state index contributed by atoms with van der Waals surface area (Å²) in [5.41, 5.74) is -0.344. The summed E-state index contributed by atoms with van der Waals surface area (Å²) in [7, 11) is 0. The fraction of sp³-hybridized carbons (Fsp3) is 0.111. The minimum absolute atomic E-state index is 0.0904. The van der Waals surface area contributed by atoms with Gasteiger partial charge in [0, 0.05) is 5.39 Å². The van der Waals surface area contributed by atoms with E-state index in [0.29, 0.717) is 10.1 Å². The van der Waals surface area contributed by atoms with E-state index in [4.69, 9.17) is 0 Å². The Morgan fingerprint density at radius 1 is 1.07 bits per heavy atom. The highest BCUT2D eigenvalue weighted by molar-refractivity contribution is 6.01. The molecule has 0 aliphatic rings. The van der Waals surface area contributed by atoms with Crippen LogP contribution in [-0.4, -0.2) is 30.4 Å². The van der Waals surface area contributed by atoms with Crippen LogP contribution in [0.1, 0.15) is 22.9 Å². The first-order valence-electron chi connectivity index (χ1n) is 7.94. The number of rotatable bonds is 4. The van der Waals surface area contributed by atoms with Crippen molar-refractivity contribution in [3.05, 3.63) is 70.4 Å². The maximum absolute atomic E-state index is 13.6. The molecule has 2 aromatic carbocycles. The number of carboxylic acids is 1. The van der Waals surface area contributed by atoms with Gasteiger partial charge in [-0.25, -0.2) is 14.5 Å². The third-order valence-corrected chi connectivity index (χ3v) is 4.23. The number of carboxylic acid groups (broad SMARTS) is 1. The van der Waals surface area contributed by atoms with E-state index in [-0.39, 0.29) is 34.4 Å². The lowest BCUT2D eigenvalue weighted by molar-refractivity contribution is 0.0681. The number of fused-ring (bicyclic) bond motifs is 2. The summed E-state index contributed by atoms with van der Waals surface area (Å²) in [5.74, 6) is -1.41. The quantitative estimate of drug-likeness (QED) is 0.597. The average molecular weight is 370 g/mol. The predicted octanol–water partition coefficient (Wildman–Crippen LogP) is 2.89. The molecule has 4 rings (SSSR count). The van der Waals surface area contributed by atoms with E-state index in [1.807, 2.05) is 0 Å². The Balaban J connectivity index is 1.94. The first-order valence-corrected chi connectivity index (χ1v) is 7.94. The number of para-hydroxylation sites is 2. The normalized spacial score (nSPS) is 11.5. The molecule has 0 radical (unpaired) electrons. The molecule has 2 heterocycles. The molecule has 0 aliphatic heterocycles. The van der Waals surface area contributed by atoms with Crippen molar-refractivity contribution in [1.29, 1.82) is 0 Å². The number of halogens is 2. The number of imidazole rings is 1. The molecular formula is C18H12F2N4O3. The van der Waals surface area contributed by atoms with Crippen molar-refractivity contribution in [2.75, 3.05) is 0 Å². The van der Waals surface area contributed by atoms with Gasteiger partial charge in [0.05, 0.1) is 16.4 Å². The zero-order valence-corrected chi connectivity index (χ0v) is 13.7.